The highest BCUT2D eigenvalue weighted by molar-refractivity contribution is 7.86. The van der Waals surface area contributed by atoms with Crippen LogP contribution >= 0.6 is 0 Å². The highest BCUT2D eigenvalue weighted by Crippen LogP contribution is 2.42. The lowest BCUT2D eigenvalue weighted by Crippen LogP contribution is -2.47. The van der Waals surface area contributed by atoms with E-state index in [1.807, 2.05) is 104 Å². The first-order chi connectivity index (χ1) is 27.6. The van der Waals surface area contributed by atoms with E-state index in [0.717, 1.165) is 28.6 Å². The van der Waals surface area contributed by atoms with Crippen molar-refractivity contribution >= 4 is 15.8 Å². The van der Waals surface area contributed by atoms with Crippen molar-refractivity contribution in [3.63, 3.8) is 0 Å². The molecule has 0 fully saturated rings. The highest BCUT2D eigenvalue weighted by atomic mass is 32.2. The Labute approximate surface area is 332 Å². The molecule has 12 heteroatoms. The maximum atomic E-state index is 13.4. The van der Waals surface area contributed by atoms with Crippen LogP contribution in [0.1, 0.15) is 34.1 Å². The van der Waals surface area contributed by atoms with Gasteiger partial charge in [-0.15, -0.1) is 0 Å². The molecular formula is C45H43N3O8S. The Morgan fingerprint density at radius 1 is 0.667 bits per heavy atom. The summed E-state index contributed by atoms with van der Waals surface area (Å²) < 4.78 is 66.0. The fourth-order valence-electron chi connectivity index (χ4n) is 6.80. The lowest BCUT2D eigenvalue weighted by Gasteiger charge is -2.39. The van der Waals surface area contributed by atoms with Gasteiger partial charge in [-0.25, -0.2) is 9.50 Å². The zero-order valence-electron chi connectivity index (χ0n) is 32.0. The van der Waals surface area contributed by atoms with E-state index in [1.54, 1.807) is 79.7 Å². The molecular weight excluding hydrogens is 743 g/mol. The van der Waals surface area contributed by atoms with Crippen molar-refractivity contribution in [2.24, 2.45) is 0 Å². The van der Waals surface area contributed by atoms with E-state index in [4.69, 9.17) is 27.9 Å². The average molecular weight is 786 g/mol. The molecule has 0 aliphatic carbocycles. The second kappa shape index (κ2) is 17.3. The molecule has 0 bridgehead atoms. The number of aromatic nitrogens is 3. The fraction of sp³-hybridized carbons (Fsp3) is 0.200. The maximum absolute atomic E-state index is 13.4. The average Bonchev–Trinajstić information content (AvgIpc) is 3.62. The van der Waals surface area contributed by atoms with Crippen molar-refractivity contribution in [3.8, 4) is 23.0 Å². The van der Waals surface area contributed by atoms with Crippen molar-refractivity contribution in [2.75, 3.05) is 27.1 Å². The molecule has 11 nitrogen and oxygen atoms in total. The highest BCUT2D eigenvalue weighted by Gasteiger charge is 2.43. The minimum atomic E-state index is -4.15. The van der Waals surface area contributed by atoms with Crippen molar-refractivity contribution < 1.29 is 36.3 Å². The van der Waals surface area contributed by atoms with E-state index < -0.39 is 34.0 Å². The largest absolute Gasteiger partial charge is 0.497 e. The van der Waals surface area contributed by atoms with Gasteiger partial charge < -0.3 is 23.7 Å². The standard InChI is InChI=1S/C45H43N3O8S/c1-32-28-42-46-29-33(30-48(42)47-32)43(54-39-24-20-37(51-2)21-25-39)44(55-40-26-22-38(52-3)23-27-40)41(56-57(4,49)50)31-53-45(34-14-8-5-9-15-34,35-16-10-6-11-17-35)36-18-12-7-13-19-36/h5-30,41,43-44H,31H2,1-4H3/t41-,43-,44+/m1/s1. The van der Waals surface area contributed by atoms with Gasteiger partial charge in [0.25, 0.3) is 10.1 Å². The summed E-state index contributed by atoms with van der Waals surface area (Å²) in [5.41, 5.74) is 3.17. The monoisotopic (exact) mass is 785 g/mol. The van der Waals surface area contributed by atoms with E-state index in [1.165, 1.54) is 0 Å². The van der Waals surface area contributed by atoms with Gasteiger partial charge in [-0.1, -0.05) is 91.0 Å². The van der Waals surface area contributed by atoms with E-state index in [-0.39, 0.29) is 6.61 Å². The van der Waals surface area contributed by atoms with E-state index in [0.29, 0.717) is 34.2 Å². The van der Waals surface area contributed by atoms with Crippen LogP contribution in [0.3, 0.4) is 0 Å². The first-order valence-corrected chi connectivity index (χ1v) is 20.1. The second-order valence-corrected chi connectivity index (χ2v) is 15.0. The number of nitrogens with zero attached hydrogens (tertiary/aromatic N) is 3. The summed E-state index contributed by atoms with van der Waals surface area (Å²) in [7, 11) is -0.993. The zero-order valence-corrected chi connectivity index (χ0v) is 32.8. The first kappa shape index (κ1) is 39.0. The molecule has 0 aliphatic rings. The molecule has 0 saturated carbocycles. The molecule has 2 heterocycles. The predicted octanol–water partition coefficient (Wildman–Crippen LogP) is 7.98. The number of fused-ring (bicyclic) bond motifs is 1. The van der Waals surface area contributed by atoms with Crippen molar-refractivity contribution in [2.45, 2.75) is 30.8 Å². The first-order valence-electron chi connectivity index (χ1n) is 18.3. The van der Waals surface area contributed by atoms with Gasteiger partial charge in [-0.2, -0.15) is 13.5 Å². The third-order valence-corrected chi connectivity index (χ3v) is 10.0. The maximum Gasteiger partial charge on any atom is 0.264 e. The minimum Gasteiger partial charge on any atom is -0.497 e. The molecule has 292 valence electrons. The number of benzene rings is 5. The van der Waals surface area contributed by atoms with Gasteiger partial charge in [0.1, 0.15) is 34.7 Å². The SMILES string of the molecule is COc1ccc(O[C@H]([C@H](Oc2ccc(OC)cc2)c2cnc3cc(C)nn3c2)[C@@H](COC(c2ccccc2)(c2ccccc2)c2ccccc2)OS(C)(=O)=O)cc1. The molecule has 0 amide bonds. The van der Waals surface area contributed by atoms with E-state index >= 15 is 0 Å². The minimum absolute atomic E-state index is 0.286. The lowest BCUT2D eigenvalue weighted by molar-refractivity contribution is -0.0857. The summed E-state index contributed by atoms with van der Waals surface area (Å²) >= 11 is 0. The van der Waals surface area contributed by atoms with Crippen LogP contribution < -0.4 is 18.9 Å². The van der Waals surface area contributed by atoms with Crippen LogP contribution in [-0.2, 0) is 24.6 Å². The van der Waals surface area contributed by atoms with Gasteiger partial charge in [0.15, 0.2) is 17.9 Å². The summed E-state index contributed by atoms with van der Waals surface area (Å²) in [4.78, 5) is 4.68. The molecule has 0 spiro atoms. The molecule has 7 rings (SSSR count). The van der Waals surface area contributed by atoms with Gasteiger partial charge in [0, 0.05) is 24.0 Å². The Bertz CT molecular complexity index is 2370. The number of aryl methyl sites for hydroxylation is 1. The van der Waals surface area contributed by atoms with Crippen LogP contribution in [0.15, 0.2) is 158 Å². The van der Waals surface area contributed by atoms with Gasteiger partial charge in [0.2, 0.25) is 0 Å². The van der Waals surface area contributed by atoms with Crippen LogP contribution in [0.25, 0.3) is 5.65 Å². The smallest absolute Gasteiger partial charge is 0.264 e. The van der Waals surface area contributed by atoms with E-state index in [9.17, 15) is 8.42 Å². The van der Waals surface area contributed by atoms with Crippen molar-refractivity contribution in [1.82, 2.24) is 14.6 Å². The summed E-state index contributed by atoms with van der Waals surface area (Å²) in [5.74, 6) is 2.09. The third kappa shape index (κ3) is 9.10. The number of methoxy groups -OCH3 is 2. The van der Waals surface area contributed by atoms with Crippen LogP contribution in [0, 0.1) is 6.92 Å². The topological polar surface area (TPSA) is 120 Å². The Balaban J connectivity index is 1.41. The predicted molar refractivity (Wildman–Crippen MR) is 216 cm³/mol. The van der Waals surface area contributed by atoms with Gasteiger partial charge in [-0.3, -0.25) is 4.18 Å². The fourth-order valence-corrected chi connectivity index (χ4v) is 7.42. The van der Waals surface area contributed by atoms with Crippen molar-refractivity contribution in [3.05, 3.63) is 186 Å². The number of hydrogen-bond donors (Lipinski definition) is 0. The molecule has 3 atom stereocenters. The van der Waals surface area contributed by atoms with Crippen LogP contribution in [0.5, 0.6) is 23.0 Å². The van der Waals surface area contributed by atoms with Crippen molar-refractivity contribution in [1.29, 1.82) is 0 Å². The van der Waals surface area contributed by atoms with Crippen LogP contribution in [-0.4, -0.2) is 62.3 Å². The lowest BCUT2D eigenvalue weighted by atomic mass is 9.80. The third-order valence-electron chi connectivity index (χ3n) is 9.41. The molecule has 0 radical (unpaired) electrons. The quantitative estimate of drug-likeness (QED) is 0.0664. The van der Waals surface area contributed by atoms with Gasteiger partial charge >= 0.3 is 0 Å². The molecule has 0 N–H and O–H groups in total. The summed E-state index contributed by atoms with van der Waals surface area (Å²) in [6.07, 6.45) is 0.909. The zero-order chi connectivity index (χ0) is 39.8. The molecule has 57 heavy (non-hydrogen) atoms. The normalized spacial score (nSPS) is 13.4. The Morgan fingerprint density at radius 2 is 1.14 bits per heavy atom. The summed E-state index contributed by atoms with van der Waals surface area (Å²) in [5, 5.41) is 4.60. The summed E-state index contributed by atoms with van der Waals surface area (Å²) in [6, 6.07) is 45.3. The van der Waals surface area contributed by atoms with Gasteiger partial charge in [-0.05, 0) is 72.1 Å². The van der Waals surface area contributed by atoms with Crippen LogP contribution in [0.2, 0.25) is 0 Å². The van der Waals surface area contributed by atoms with Crippen LogP contribution in [0.4, 0.5) is 0 Å². The molecule has 5 aromatic carbocycles. The molecule has 0 saturated heterocycles. The van der Waals surface area contributed by atoms with Gasteiger partial charge in [0.05, 0.1) is 32.8 Å². The van der Waals surface area contributed by atoms with E-state index in [2.05, 4.69) is 10.1 Å². The Hall–Kier alpha value is -6.21. The number of ether oxygens (including phenoxy) is 5. The summed E-state index contributed by atoms with van der Waals surface area (Å²) in [6.45, 7) is 1.59. The molecule has 7 aromatic rings. The Morgan fingerprint density at radius 3 is 1.61 bits per heavy atom. The Kier molecular flexibility index (Phi) is 11.8. The molecule has 0 aliphatic heterocycles. The number of rotatable bonds is 17. The number of hydrogen-bond acceptors (Lipinski definition) is 10. The molecule has 0 unspecified atom stereocenters. The second-order valence-electron chi connectivity index (χ2n) is 13.4. The molecule has 2 aromatic heterocycles.